The number of hydrogen-bond acceptors (Lipinski definition) is 3. The number of benzene rings is 2. The van der Waals surface area contributed by atoms with Gasteiger partial charge in [0.15, 0.2) is 0 Å². The van der Waals surface area contributed by atoms with Crippen LogP contribution in [0.3, 0.4) is 0 Å². The molecule has 0 saturated carbocycles. The molecule has 5 nitrogen and oxygen atoms in total. The number of hydrogen-bond donors (Lipinski definition) is 1. The standard InChI is InChI=1S/C21H17F2N3O2/c1-13-5-6-15(28-12-16-17(22)3-2-4-18(16)23)9-20(13)26-11-14-10-24-8-7-19(14)25-21(26)27/h2-10H,11-12H2,1H3,(H,25,27). The summed E-state index contributed by atoms with van der Waals surface area (Å²) >= 11 is 0. The van der Waals surface area contributed by atoms with E-state index in [1.165, 1.54) is 18.2 Å². The van der Waals surface area contributed by atoms with Gasteiger partial charge >= 0.3 is 6.03 Å². The third-order valence-corrected chi connectivity index (χ3v) is 4.64. The lowest BCUT2D eigenvalue weighted by Gasteiger charge is -2.30. The zero-order valence-corrected chi connectivity index (χ0v) is 15.1. The van der Waals surface area contributed by atoms with Crippen LogP contribution >= 0.6 is 0 Å². The number of halogens is 2. The Balaban J connectivity index is 1.59. The van der Waals surface area contributed by atoms with E-state index in [2.05, 4.69) is 10.3 Å². The predicted octanol–water partition coefficient (Wildman–Crippen LogP) is 4.80. The molecule has 2 heterocycles. The average Bonchev–Trinajstić information content (AvgIpc) is 2.68. The van der Waals surface area contributed by atoms with Gasteiger partial charge in [-0.05, 0) is 36.8 Å². The molecule has 2 amide bonds. The van der Waals surface area contributed by atoms with Gasteiger partial charge in [-0.15, -0.1) is 0 Å². The van der Waals surface area contributed by atoms with Crippen LogP contribution in [0.5, 0.6) is 5.75 Å². The summed E-state index contributed by atoms with van der Waals surface area (Å²) < 4.78 is 33.2. The smallest absolute Gasteiger partial charge is 0.326 e. The number of amides is 2. The van der Waals surface area contributed by atoms with E-state index in [1.54, 1.807) is 41.6 Å². The Morgan fingerprint density at radius 3 is 2.75 bits per heavy atom. The molecule has 4 rings (SSSR count). The van der Waals surface area contributed by atoms with Gasteiger partial charge in [-0.1, -0.05) is 12.1 Å². The third kappa shape index (κ3) is 3.38. The minimum Gasteiger partial charge on any atom is -0.489 e. The second-order valence-electron chi connectivity index (χ2n) is 6.49. The fourth-order valence-electron chi connectivity index (χ4n) is 3.09. The highest BCUT2D eigenvalue weighted by Crippen LogP contribution is 2.32. The minimum atomic E-state index is -0.660. The largest absolute Gasteiger partial charge is 0.489 e. The number of urea groups is 1. The number of aryl methyl sites for hydroxylation is 1. The fraction of sp³-hybridized carbons (Fsp3) is 0.143. The van der Waals surface area contributed by atoms with Crippen molar-refractivity contribution in [3.05, 3.63) is 83.2 Å². The summed E-state index contributed by atoms with van der Waals surface area (Å²) in [5.41, 5.74) is 3.00. The SMILES string of the molecule is Cc1ccc(OCc2c(F)cccc2F)cc1N1Cc2cnccc2NC1=O. The van der Waals surface area contributed by atoms with E-state index in [-0.39, 0.29) is 18.2 Å². The molecule has 1 aliphatic rings. The Hall–Kier alpha value is -3.48. The molecule has 1 aromatic heterocycles. The maximum atomic E-state index is 13.8. The summed E-state index contributed by atoms with van der Waals surface area (Å²) in [5, 5.41) is 2.83. The van der Waals surface area contributed by atoms with Crippen LogP contribution in [0.15, 0.2) is 54.9 Å². The van der Waals surface area contributed by atoms with Crippen molar-refractivity contribution in [1.82, 2.24) is 4.98 Å². The van der Waals surface area contributed by atoms with Crippen molar-refractivity contribution < 1.29 is 18.3 Å². The average molecular weight is 381 g/mol. The summed E-state index contributed by atoms with van der Waals surface area (Å²) in [4.78, 5) is 18.2. The summed E-state index contributed by atoms with van der Waals surface area (Å²) in [6.45, 7) is 1.99. The molecule has 0 spiro atoms. The van der Waals surface area contributed by atoms with E-state index in [0.717, 1.165) is 16.8 Å². The molecule has 7 heteroatoms. The summed E-state index contributed by atoms with van der Waals surface area (Å²) in [6.07, 6.45) is 3.33. The molecule has 1 aliphatic heterocycles. The normalized spacial score (nSPS) is 13.1. The number of anilines is 2. The van der Waals surface area contributed by atoms with Gasteiger partial charge in [0.25, 0.3) is 0 Å². The van der Waals surface area contributed by atoms with Crippen LogP contribution < -0.4 is 15.0 Å². The number of carbonyl (C=O) groups is 1. The van der Waals surface area contributed by atoms with E-state index in [1.807, 2.05) is 6.92 Å². The van der Waals surface area contributed by atoms with E-state index in [0.29, 0.717) is 18.0 Å². The van der Waals surface area contributed by atoms with Gasteiger partial charge in [0.1, 0.15) is 24.0 Å². The van der Waals surface area contributed by atoms with Crippen LogP contribution in [0.2, 0.25) is 0 Å². The lowest BCUT2D eigenvalue weighted by atomic mass is 10.1. The van der Waals surface area contributed by atoms with Crippen molar-refractivity contribution in [1.29, 1.82) is 0 Å². The Labute approximate surface area is 160 Å². The first-order chi connectivity index (χ1) is 13.5. The first kappa shape index (κ1) is 17.9. The Morgan fingerprint density at radius 2 is 1.96 bits per heavy atom. The minimum absolute atomic E-state index is 0.139. The van der Waals surface area contributed by atoms with Crippen LogP contribution in [-0.2, 0) is 13.2 Å². The van der Waals surface area contributed by atoms with Crippen molar-refractivity contribution in [2.24, 2.45) is 0 Å². The van der Waals surface area contributed by atoms with Crippen LogP contribution in [0, 0.1) is 18.6 Å². The van der Waals surface area contributed by atoms with Crippen molar-refractivity contribution >= 4 is 17.4 Å². The van der Waals surface area contributed by atoms with Crippen molar-refractivity contribution in [3.8, 4) is 5.75 Å². The number of ether oxygens (including phenoxy) is 1. The van der Waals surface area contributed by atoms with Crippen LogP contribution in [-0.4, -0.2) is 11.0 Å². The molecule has 2 aromatic carbocycles. The second-order valence-corrected chi connectivity index (χ2v) is 6.49. The topological polar surface area (TPSA) is 54.5 Å². The van der Waals surface area contributed by atoms with Gasteiger partial charge < -0.3 is 10.1 Å². The number of aromatic nitrogens is 1. The number of carbonyl (C=O) groups excluding carboxylic acids is 1. The molecule has 0 fully saturated rings. The molecule has 0 aliphatic carbocycles. The molecule has 0 unspecified atom stereocenters. The van der Waals surface area contributed by atoms with Crippen LogP contribution in [0.25, 0.3) is 0 Å². The highest BCUT2D eigenvalue weighted by molar-refractivity contribution is 6.04. The number of nitrogens with zero attached hydrogens (tertiary/aromatic N) is 2. The van der Waals surface area contributed by atoms with Crippen molar-refractivity contribution in [2.75, 3.05) is 10.2 Å². The Kier molecular flexibility index (Phi) is 4.65. The maximum Gasteiger partial charge on any atom is 0.326 e. The Bertz CT molecular complexity index is 1040. The summed E-state index contributed by atoms with van der Waals surface area (Å²) in [5.74, 6) is -0.910. The van der Waals surface area contributed by atoms with Gasteiger partial charge in [-0.25, -0.2) is 13.6 Å². The molecule has 0 saturated heterocycles. The molecule has 1 N–H and O–H groups in total. The molecule has 3 aromatic rings. The summed E-state index contributed by atoms with van der Waals surface area (Å²) in [7, 11) is 0. The monoisotopic (exact) mass is 381 g/mol. The first-order valence-corrected chi connectivity index (χ1v) is 8.70. The predicted molar refractivity (Wildman–Crippen MR) is 101 cm³/mol. The molecular formula is C21H17F2N3O2. The van der Waals surface area contributed by atoms with Gasteiger partial charge in [-0.2, -0.15) is 0 Å². The number of pyridine rings is 1. The second kappa shape index (κ2) is 7.26. The summed E-state index contributed by atoms with van der Waals surface area (Å²) in [6, 6.07) is 10.4. The lowest BCUT2D eigenvalue weighted by molar-refractivity contribution is 0.256. The highest BCUT2D eigenvalue weighted by Gasteiger charge is 2.25. The molecule has 0 bridgehead atoms. The molecule has 0 atom stereocenters. The number of rotatable bonds is 4. The molecule has 28 heavy (non-hydrogen) atoms. The Morgan fingerprint density at radius 1 is 1.18 bits per heavy atom. The third-order valence-electron chi connectivity index (χ3n) is 4.64. The van der Waals surface area contributed by atoms with Gasteiger partial charge in [0.2, 0.25) is 0 Å². The lowest BCUT2D eigenvalue weighted by Crippen LogP contribution is -2.39. The zero-order valence-electron chi connectivity index (χ0n) is 15.1. The van der Waals surface area contributed by atoms with Gasteiger partial charge in [-0.3, -0.25) is 9.88 Å². The van der Waals surface area contributed by atoms with E-state index >= 15 is 0 Å². The van der Waals surface area contributed by atoms with E-state index in [9.17, 15) is 13.6 Å². The highest BCUT2D eigenvalue weighted by atomic mass is 19.1. The van der Waals surface area contributed by atoms with Crippen LogP contribution in [0.1, 0.15) is 16.7 Å². The van der Waals surface area contributed by atoms with Crippen molar-refractivity contribution in [2.45, 2.75) is 20.1 Å². The molecule has 0 radical (unpaired) electrons. The van der Waals surface area contributed by atoms with Crippen molar-refractivity contribution in [3.63, 3.8) is 0 Å². The molecule has 142 valence electrons. The fourth-order valence-corrected chi connectivity index (χ4v) is 3.09. The van der Waals surface area contributed by atoms with Crippen LogP contribution in [0.4, 0.5) is 25.0 Å². The number of fused-ring (bicyclic) bond motifs is 1. The molecular weight excluding hydrogens is 364 g/mol. The first-order valence-electron chi connectivity index (χ1n) is 8.70. The maximum absolute atomic E-state index is 13.8. The quantitative estimate of drug-likeness (QED) is 0.706. The van der Waals surface area contributed by atoms with E-state index < -0.39 is 11.6 Å². The van der Waals surface area contributed by atoms with Gasteiger partial charge in [0, 0.05) is 24.0 Å². The number of nitrogens with one attached hydrogen (secondary N) is 1. The zero-order chi connectivity index (χ0) is 19.7. The van der Waals surface area contributed by atoms with Gasteiger partial charge in [0.05, 0.1) is 23.5 Å². The van der Waals surface area contributed by atoms with E-state index in [4.69, 9.17) is 4.74 Å².